The molecule has 22 heavy (non-hydrogen) atoms. The molecule has 0 aliphatic carbocycles. The summed E-state index contributed by atoms with van der Waals surface area (Å²) in [6, 6.07) is 7.43. The molecule has 1 N–H and O–H groups in total. The van der Waals surface area contributed by atoms with Crippen molar-refractivity contribution in [3.05, 3.63) is 57.3 Å². The second-order valence-corrected chi connectivity index (χ2v) is 6.00. The highest BCUT2D eigenvalue weighted by Crippen LogP contribution is 2.20. The van der Waals surface area contributed by atoms with Gasteiger partial charge in [-0.1, -0.05) is 18.2 Å². The Morgan fingerprint density at radius 3 is 2.86 bits per heavy atom. The summed E-state index contributed by atoms with van der Waals surface area (Å²) in [6.45, 7) is 3.82. The minimum atomic E-state index is -0.259. The number of amides is 1. The maximum Gasteiger partial charge on any atom is 0.251 e. The van der Waals surface area contributed by atoms with E-state index in [1.54, 1.807) is 17.6 Å². The van der Waals surface area contributed by atoms with Crippen LogP contribution in [0.3, 0.4) is 0 Å². The normalized spacial score (nSPS) is 10.8. The fourth-order valence-electron chi connectivity index (χ4n) is 2.53. The minimum Gasteiger partial charge on any atom is -0.300 e. The number of para-hydroxylation sites is 1. The molecule has 0 radical (unpaired) electrons. The first-order chi connectivity index (χ1) is 10.6. The standard InChI is InChI=1S/C16H15N3O2S/c1-10-4-3-5-12-11(2)8-14(21)19(15(10)12)9-13(20)18-16-17-6-7-22-16/h3-8H,9H2,1-2H3,(H,17,18,20). The number of carbonyl (C=O) groups is 1. The summed E-state index contributed by atoms with van der Waals surface area (Å²) in [5, 5.41) is 6.01. The molecular weight excluding hydrogens is 298 g/mol. The Kier molecular flexibility index (Phi) is 3.77. The minimum absolute atomic E-state index is 0.0277. The van der Waals surface area contributed by atoms with Crippen molar-refractivity contribution in [2.45, 2.75) is 20.4 Å². The summed E-state index contributed by atoms with van der Waals surface area (Å²) >= 11 is 1.34. The predicted octanol–water partition coefficient (Wildman–Crippen LogP) is 2.71. The van der Waals surface area contributed by atoms with Crippen LogP contribution in [-0.4, -0.2) is 15.5 Å². The van der Waals surface area contributed by atoms with E-state index >= 15 is 0 Å². The molecule has 6 heteroatoms. The van der Waals surface area contributed by atoms with Gasteiger partial charge in [0.05, 0.1) is 5.52 Å². The fourth-order valence-corrected chi connectivity index (χ4v) is 3.08. The van der Waals surface area contributed by atoms with Crippen LogP contribution in [0.5, 0.6) is 0 Å². The summed E-state index contributed by atoms with van der Waals surface area (Å²) in [6.07, 6.45) is 1.62. The SMILES string of the molecule is Cc1cc(=O)n(CC(=O)Nc2nccs2)c2c(C)cccc12. The Bertz CT molecular complexity index is 898. The molecule has 2 heterocycles. The molecule has 0 unspecified atom stereocenters. The molecule has 0 fully saturated rings. The van der Waals surface area contributed by atoms with E-state index in [0.29, 0.717) is 5.13 Å². The Labute approximate surface area is 131 Å². The fraction of sp³-hybridized carbons (Fsp3) is 0.188. The quantitative estimate of drug-likeness (QED) is 0.808. The summed E-state index contributed by atoms with van der Waals surface area (Å²) < 4.78 is 1.51. The number of fused-ring (bicyclic) bond motifs is 1. The van der Waals surface area contributed by atoms with Crippen LogP contribution in [0.2, 0.25) is 0 Å². The first-order valence-electron chi connectivity index (χ1n) is 6.85. The number of thiazole rings is 1. The zero-order chi connectivity index (χ0) is 15.7. The Morgan fingerprint density at radius 2 is 2.14 bits per heavy atom. The zero-order valence-corrected chi connectivity index (χ0v) is 13.1. The van der Waals surface area contributed by atoms with Gasteiger partial charge in [0.15, 0.2) is 5.13 Å². The number of hydrogen-bond acceptors (Lipinski definition) is 4. The average molecular weight is 313 g/mol. The van der Waals surface area contributed by atoms with E-state index in [1.165, 1.54) is 15.9 Å². The number of aryl methyl sites for hydroxylation is 2. The summed E-state index contributed by atoms with van der Waals surface area (Å²) in [5.74, 6) is -0.259. The van der Waals surface area contributed by atoms with E-state index in [4.69, 9.17) is 0 Å². The largest absolute Gasteiger partial charge is 0.300 e. The van der Waals surface area contributed by atoms with Crippen molar-refractivity contribution in [2.75, 3.05) is 5.32 Å². The lowest BCUT2D eigenvalue weighted by Crippen LogP contribution is -2.28. The maximum atomic E-state index is 12.3. The van der Waals surface area contributed by atoms with Crippen molar-refractivity contribution in [3.63, 3.8) is 0 Å². The molecule has 0 saturated heterocycles. The number of rotatable bonds is 3. The molecule has 0 bridgehead atoms. The van der Waals surface area contributed by atoms with E-state index in [2.05, 4.69) is 10.3 Å². The Hall–Kier alpha value is -2.47. The number of pyridine rings is 1. The van der Waals surface area contributed by atoms with Gasteiger partial charge in [-0.05, 0) is 25.0 Å². The van der Waals surface area contributed by atoms with Crippen LogP contribution in [0.15, 0.2) is 40.6 Å². The van der Waals surface area contributed by atoms with E-state index < -0.39 is 0 Å². The highest BCUT2D eigenvalue weighted by atomic mass is 32.1. The molecule has 0 saturated carbocycles. The average Bonchev–Trinajstić information content (AvgIpc) is 2.96. The smallest absolute Gasteiger partial charge is 0.251 e. The van der Waals surface area contributed by atoms with Gasteiger partial charge in [-0.25, -0.2) is 4.98 Å². The van der Waals surface area contributed by atoms with Crippen molar-refractivity contribution in [1.29, 1.82) is 0 Å². The summed E-state index contributed by atoms with van der Waals surface area (Å²) in [5.41, 5.74) is 2.52. The number of nitrogens with one attached hydrogen (secondary N) is 1. The van der Waals surface area contributed by atoms with E-state index in [1.807, 2.05) is 32.0 Å². The van der Waals surface area contributed by atoms with Crippen molar-refractivity contribution in [2.24, 2.45) is 0 Å². The first-order valence-corrected chi connectivity index (χ1v) is 7.73. The molecule has 0 spiro atoms. The van der Waals surface area contributed by atoms with Crippen LogP contribution in [-0.2, 0) is 11.3 Å². The number of benzene rings is 1. The van der Waals surface area contributed by atoms with Crippen molar-refractivity contribution in [1.82, 2.24) is 9.55 Å². The Balaban J connectivity index is 2.03. The molecule has 1 aromatic carbocycles. The summed E-state index contributed by atoms with van der Waals surface area (Å²) in [4.78, 5) is 28.5. The molecular formula is C16H15N3O2S. The van der Waals surface area contributed by atoms with Crippen molar-refractivity contribution in [3.8, 4) is 0 Å². The van der Waals surface area contributed by atoms with Gasteiger partial charge in [0.1, 0.15) is 6.54 Å². The lowest BCUT2D eigenvalue weighted by Gasteiger charge is -2.13. The van der Waals surface area contributed by atoms with Crippen LogP contribution in [0.4, 0.5) is 5.13 Å². The molecule has 0 aliphatic rings. The van der Waals surface area contributed by atoms with Crippen molar-refractivity contribution < 1.29 is 4.79 Å². The summed E-state index contributed by atoms with van der Waals surface area (Å²) in [7, 11) is 0. The molecule has 112 valence electrons. The first kappa shape index (κ1) is 14.5. The van der Waals surface area contributed by atoms with Crippen LogP contribution in [0.25, 0.3) is 10.9 Å². The number of anilines is 1. The lowest BCUT2D eigenvalue weighted by atomic mass is 10.1. The van der Waals surface area contributed by atoms with Gasteiger partial charge in [0.25, 0.3) is 5.56 Å². The zero-order valence-electron chi connectivity index (χ0n) is 12.3. The monoisotopic (exact) mass is 313 g/mol. The third-order valence-corrected chi connectivity index (χ3v) is 4.21. The molecule has 3 aromatic rings. The van der Waals surface area contributed by atoms with Crippen LogP contribution in [0, 0.1) is 13.8 Å². The molecule has 5 nitrogen and oxygen atoms in total. The molecule has 2 aromatic heterocycles. The molecule has 3 rings (SSSR count). The molecule has 0 aliphatic heterocycles. The van der Waals surface area contributed by atoms with Gasteiger partial charge in [0.2, 0.25) is 5.91 Å². The van der Waals surface area contributed by atoms with Crippen LogP contribution < -0.4 is 10.9 Å². The topological polar surface area (TPSA) is 64.0 Å². The van der Waals surface area contributed by atoms with Gasteiger partial charge in [0, 0.05) is 23.0 Å². The van der Waals surface area contributed by atoms with Gasteiger partial charge in [-0.2, -0.15) is 0 Å². The number of carbonyl (C=O) groups excluding carboxylic acids is 1. The molecule has 0 atom stereocenters. The van der Waals surface area contributed by atoms with Crippen LogP contribution in [0.1, 0.15) is 11.1 Å². The second kappa shape index (κ2) is 5.73. The Morgan fingerprint density at radius 1 is 1.32 bits per heavy atom. The highest BCUT2D eigenvalue weighted by Gasteiger charge is 2.12. The number of aromatic nitrogens is 2. The van der Waals surface area contributed by atoms with Gasteiger partial charge in [-0.15, -0.1) is 11.3 Å². The number of nitrogens with zero attached hydrogens (tertiary/aromatic N) is 2. The van der Waals surface area contributed by atoms with Gasteiger partial charge in [-0.3, -0.25) is 14.2 Å². The second-order valence-electron chi connectivity index (χ2n) is 5.11. The van der Waals surface area contributed by atoms with Gasteiger partial charge < -0.3 is 5.32 Å². The van der Waals surface area contributed by atoms with Crippen LogP contribution >= 0.6 is 11.3 Å². The maximum absolute atomic E-state index is 12.3. The third kappa shape index (κ3) is 2.65. The lowest BCUT2D eigenvalue weighted by molar-refractivity contribution is -0.116. The predicted molar refractivity (Wildman–Crippen MR) is 88.4 cm³/mol. The van der Waals surface area contributed by atoms with E-state index in [9.17, 15) is 9.59 Å². The number of hydrogen-bond donors (Lipinski definition) is 1. The van der Waals surface area contributed by atoms with Gasteiger partial charge >= 0.3 is 0 Å². The van der Waals surface area contributed by atoms with Crippen molar-refractivity contribution >= 4 is 33.3 Å². The highest BCUT2D eigenvalue weighted by molar-refractivity contribution is 7.13. The van der Waals surface area contributed by atoms with E-state index in [0.717, 1.165) is 22.0 Å². The third-order valence-electron chi connectivity index (χ3n) is 3.52. The molecule has 1 amide bonds. The van der Waals surface area contributed by atoms with E-state index in [-0.39, 0.29) is 18.0 Å².